The minimum absolute atomic E-state index is 0.225. The molecule has 1 aromatic carbocycles. The van der Waals surface area contributed by atoms with E-state index in [1.165, 1.54) is 12.0 Å². The normalized spacial score (nSPS) is 10.5. The number of benzene rings is 1. The molecule has 0 aliphatic carbocycles. The molecule has 7 nitrogen and oxygen atoms in total. The van der Waals surface area contributed by atoms with Crippen LogP contribution in [0.1, 0.15) is 30.0 Å². The molecule has 1 amide bonds. The second-order valence-corrected chi connectivity index (χ2v) is 6.03. The second-order valence-electron chi connectivity index (χ2n) is 6.03. The zero-order chi connectivity index (χ0) is 19.2. The van der Waals surface area contributed by atoms with E-state index in [0.717, 1.165) is 24.3 Å². The highest BCUT2D eigenvalue weighted by molar-refractivity contribution is 6.01. The van der Waals surface area contributed by atoms with E-state index >= 15 is 0 Å². The third kappa shape index (κ3) is 4.44. The summed E-state index contributed by atoms with van der Waals surface area (Å²) in [6.45, 7) is 8.29. The van der Waals surface area contributed by atoms with Gasteiger partial charge in [-0.3, -0.25) is 4.79 Å². The van der Waals surface area contributed by atoms with Gasteiger partial charge in [0, 0.05) is 24.5 Å². The average Bonchev–Trinajstić information content (AvgIpc) is 3.21. The Morgan fingerprint density at radius 2 is 1.81 bits per heavy atom. The Morgan fingerprint density at radius 3 is 2.41 bits per heavy atom. The summed E-state index contributed by atoms with van der Waals surface area (Å²) >= 11 is 0. The fourth-order valence-corrected chi connectivity index (χ4v) is 2.76. The number of aromatic nitrogens is 2. The lowest BCUT2D eigenvalue weighted by Crippen LogP contribution is -2.21. The topological polar surface area (TPSA) is 83.3 Å². The van der Waals surface area contributed by atoms with Crippen molar-refractivity contribution in [2.24, 2.45) is 0 Å². The fourth-order valence-electron chi connectivity index (χ4n) is 2.76. The summed E-state index contributed by atoms with van der Waals surface area (Å²) in [5.41, 5.74) is 3.29. The quantitative estimate of drug-likeness (QED) is 0.652. The fraction of sp³-hybridized carbons (Fsp3) is 0.250. The van der Waals surface area contributed by atoms with Gasteiger partial charge in [0.15, 0.2) is 17.4 Å². The van der Waals surface area contributed by atoms with Crippen LogP contribution in [0.25, 0.3) is 0 Å². The molecule has 0 aliphatic rings. The van der Waals surface area contributed by atoms with E-state index in [1.54, 1.807) is 24.3 Å². The summed E-state index contributed by atoms with van der Waals surface area (Å²) in [6, 6.07) is 13.0. The smallest absolute Gasteiger partial charge is 0.292 e. The van der Waals surface area contributed by atoms with E-state index < -0.39 is 0 Å². The van der Waals surface area contributed by atoms with Crippen LogP contribution in [0.15, 0.2) is 53.1 Å². The Bertz CT molecular complexity index is 887. The van der Waals surface area contributed by atoms with Gasteiger partial charge in [-0.1, -0.05) is 0 Å². The van der Waals surface area contributed by atoms with Gasteiger partial charge in [0.2, 0.25) is 0 Å². The number of anilines is 4. The Hall–Kier alpha value is -3.35. The van der Waals surface area contributed by atoms with Gasteiger partial charge in [0.05, 0.1) is 6.26 Å². The number of carbonyl (C=O) groups excluding carboxylic acids is 1. The number of carbonyl (C=O) groups is 1. The Kier molecular flexibility index (Phi) is 5.71. The molecule has 2 heterocycles. The molecule has 0 unspecified atom stereocenters. The van der Waals surface area contributed by atoms with Crippen LogP contribution in [0.2, 0.25) is 0 Å². The molecule has 140 valence electrons. The average molecular weight is 365 g/mol. The van der Waals surface area contributed by atoms with E-state index in [4.69, 9.17) is 4.42 Å². The maximum absolute atomic E-state index is 11.9. The number of hydrogen-bond donors (Lipinski definition) is 2. The minimum atomic E-state index is -0.363. The first kappa shape index (κ1) is 18.4. The molecule has 0 saturated carbocycles. The van der Waals surface area contributed by atoms with Crippen LogP contribution in [-0.2, 0) is 0 Å². The molecule has 7 heteroatoms. The zero-order valence-corrected chi connectivity index (χ0v) is 15.7. The molecular formula is C20H23N5O2. The lowest BCUT2D eigenvalue weighted by Gasteiger charge is -2.22. The molecule has 27 heavy (non-hydrogen) atoms. The van der Waals surface area contributed by atoms with Crippen molar-refractivity contribution >= 4 is 28.9 Å². The van der Waals surface area contributed by atoms with Crippen molar-refractivity contribution in [3.63, 3.8) is 0 Å². The van der Waals surface area contributed by atoms with Gasteiger partial charge in [-0.2, -0.15) is 0 Å². The monoisotopic (exact) mass is 365 g/mol. The number of nitrogens with zero attached hydrogens (tertiary/aromatic N) is 3. The van der Waals surface area contributed by atoms with Crippen molar-refractivity contribution in [3.8, 4) is 0 Å². The van der Waals surface area contributed by atoms with Gasteiger partial charge in [0.25, 0.3) is 5.91 Å². The SMILES string of the molecule is CCN(CC)c1ccc(Nc2ccc(NC(=O)c3ccco3)nn2)c(C)c1. The highest BCUT2D eigenvalue weighted by atomic mass is 16.3. The van der Waals surface area contributed by atoms with Crippen LogP contribution in [0.4, 0.5) is 23.0 Å². The lowest BCUT2D eigenvalue weighted by molar-refractivity contribution is 0.0996. The van der Waals surface area contributed by atoms with E-state index in [-0.39, 0.29) is 11.7 Å². The van der Waals surface area contributed by atoms with Crippen molar-refractivity contribution in [1.82, 2.24) is 10.2 Å². The van der Waals surface area contributed by atoms with Crippen LogP contribution >= 0.6 is 0 Å². The Balaban J connectivity index is 1.67. The number of rotatable bonds is 7. The first-order valence-electron chi connectivity index (χ1n) is 8.92. The van der Waals surface area contributed by atoms with E-state index in [9.17, 15) is 4.79 Å². The van der Waals surface area contributed by atoms with Crippen molar-refractivity contribution in [1.29, 1.82) is 0 Å². The molecular weight excluding hydrogens is 342 g/mol. The van der Waals surface area contributed by atoms with E-state index in [0.29, 0.717) is 11.6 Å². The van der Waals surface area contributed by atoms with Crippen LogP contribution in [0.5, 0.6) is 0 Å². The first-order chi connectivity index (χ1) is 13.1. The third-order valence-corrected chi connectivity index (χ3v) is 4.25. The number of hydrogen-bond acceptors (Lipinski definition) is 6. The molecule has 0 fully saturated rings. The van der Waals surface area contributed by atoms with Crippen molar-refractivity contribution < 1.29 is 9.21 Å². The number of nitrogens with one attached hydrogen (secondary N) is 2. The molecule has 0 spiro atoms. The van der Waals surface area contributed by atoms with Crippen LogP contribution in [0, 0.1) is 6.92 Å². The maximum atomic E-state index is 11.9. The molecule has 2 aromatic heterocycles. The zero-order valence-electron chi connectivity index (χ0n) is 15.7. The first-order valence-corrected chi connectivity index (χ1v) is 8.92. The van der Waals surface area contributed by atoms with Gasteiger partial charge in [0.1, 0.15) is 0 Å². The Labute approximate surface area is 158 Å². The van der Waals surface area contributed by atoms with Gasteiger partial charge < -0.3 is 20.0 Å². The summed E-state index contributed by atoms with van der Waals surface area (Å²) in [5, 5.41) is 14.1. The number of amides is 1. The lowest BCUT2D eigenvalue weighted by atomic mass is 10.1. The molecule has 3 rings (SSSR count). The highest BCUT2D eigenvalue weighted by Gasteiger charge is 2.10. The predicted octanol–water partition coefficient (Wildman–Crippen LogP) is 4.22. The van der Waals surface area contributed by atoms with Crippen molar-refractivity contribution in [2.45, 2.75) is 20.8 Å². The number of aryl methyl sites for hydroxylation is 1. The molecule has 0 radical (unpaired) electrons. The maximum Gasteiger partial charge on any atom is 0.292 e. The Morgan fingerprint density at radius 1 is 1.07 bits per heavy atom. The summed E-state index contributed by atoms with van der Waals surface area (Å²) in [5.74, 6) is 0.820. The molecule has 2 N–H and O–H groups in total. The van der Waals surface area contributed by atoms with Crippen LogP contribution in [0.3, 0.4) is 0 Å². The predicted molar refractivity (Wildman–Crippen MR) is 107 cm³/mol. The molecule has 0 aliphatic heterocycles. The summed E-state index contributed by atoms with van der Waals surface area (Å²) in [7, 11) is 0. The van der Waals surface area contributed by atoms with Crippen molar-refractivity contribution in [2.75, 3.05) is 28.6 Å². The minimum Gasteiger partial charge on any atom is -0.459 e. The van der Waals surface area contributed by atoms with Crippen LogP contribution in [-0.4, -0.2) is 29.2 Å². The molecule has 3 aromatic rings. The standard InChI is InChI=1S/C20H23N5O2/c1-4-25(5-2)15-8-9-16(14(3)13-15)21-18-10-11-19(24-23-18)22-20(26)17-7-6-12-27-17/h6-13H,4-5H2,1-3H3,(H,21,23)(H,22,24,26). The second kappa shape index (κ2) is 8.35. The van der Waals surface area contributed by atoms with Gasteiger partial charge >= 0.3 is 0 Å². The molecule has 0 bridgehead atoms. The van der Waals surface area contributed by atoms with Gasteiger partial charge in [-0.25, -0.2) is 0 Å². The molecule has 0 saturated heterocycles. The number of furan rings is 1. The van der Waals surface area contributed by atoms with Gasteiger partial charge in [-0.05, 0) is 68.8 Å². The summed E-state index contributed by atoms with van der Waals surface area (Å²) < 4.78 is 5.05. The largest absolute Gasteiger partial charge is 0.459 e. The van der Waals surface area contributed by atoms with Gasteiger partial charge in [-0.15, -0.1) is 10.2 Å². The van der Waals surface area contributed by atoms with E-state index in [1.807, 2.05) is 6.07 Å². The van der Waals surface area contributed by atoms with E-state index in [2.05, 4.69) is 58.6 Å². The molecule has 0 atom stereocenters. The third-order valence-electron chi connectivity index (χ3n) is 4.25. The summed E-state index contributed by atoms with van der Waals surface area (Å²) in [6.07, 6.45) is 1.45. The summed E-state index contributed by atoms with van der Waals surface area (Å²) in [4.78, 5) is 14.2. The van der Waals surface area contributed by atoms with Crippen LogP contribution < -0.4 is 15.5 Å². The van der Waals surface area contributed by atoms with Crippen molar-refractivity contribution in [3.05, 3.63) is 60.1 Å². The highest BCUT2D eigenvalue weighted by Crippen LogP contribution is 2.25.